The number of nitrogens with one attached hydrogen (secondary N) is 2. The molecule has 104 valence electrons. The van der Waals surface area contributed by atoms with Gasteiger partial charge in [0.05, 0.1) is 12.6 Å². The van der Waals surface area contributed by atoms with E-state index in [1.807, 2.05) is 30.3 Å². The Hall–Kier alpha value is -1.39. The fourth-order valence-corrected chi connectivity index (χ4v) is 2.53. The minimum atomic E-state index is -0.301. The van der Waals surface area contributed by atoms with Gasteiger partial charge in [-0.05, 0) is 37.4 Å². The molecule has 0 radical (unpaired) electrons. The van der Waals surface area contributed by atoms with Crippen LogP contribution in [-0.2, 0) is 4.79 Å². The van der Waals surface area contributed by atoms with Crippen LogP contribution in [0.15, 0.2) is 30.3 Å². The number of carbonyl (C=O) groups is 1. The Morgan fingerprint density at radius 1 is 1.42 bits per heavy atom. The van der Waals surface area contributed by atoms with E-state index in [2.05, 4.69) is 10.6 Å². The lowest BCUT2D eigenvalue weighted by Crippen LogP contribution is -2.36. The predicted octanol–water partition coefficient (Wildman–Crippen LogP) is 1.23. The second-order valence-corrected chi connectivity index (χ2v) is 5.13. The van der Waals surface area contributed by atoms with Crippen LogP contribution in [0.2, 0.25) is 0 Å². The Kier molecular flexibility index (Phi) is 5.36. The normalized spacial score (nSPS) is 20.8. The van der Waals surface area contributed by atoms with Crippen molar-refractivity contribution >= 4 is 5.91 Å². The summed E-state index contributed by atoms with van der Waals surface area (Å²) in [5.74, 6) is 0.445. The number of hydrogen-bond acceptors (Lipinski definition) is 3. The minimum Gasteiger partial charge on any atom is -0.394 e. The fraction of sp³-hybridized carbons (Fsp3) is 0.533. The summed E-state index contributed by atoms with van der Waals surface area (Å²) in [7, 11) is 0. The molecule has 0 bridgehead atoms. The molecule has 1 aliphatic rings. The predicted molar refractivity (Wildman–Crippen MR) is 74.6 cm³/mol. The average molecular weight is 262 g/mol. The van der Waals surface area contributed by atoms with E-state index in [4.69, 9.17) is 0 Å². The van der Waals surface area contributed by atoms with Gasteiger partial charge >= 0.3 is 0 Å². The number of benzene rings is 1. The molecule has 1 saturated heterocycles. The van der Waals surface area contributed by atoms with Crippen molar-refractivity contribution in [3.8, 4) is 0 Å². The van der Waals surface area contributed by atoms with Gasteiger partial charge in [0.15, 0.2) is 0 Å². The molecule has 4 nitrogen and oxygen atoms in total. The number of rotatable bonds is 5. The molecule has 1 aliphatic heterocycles. The number of aliphatic hydroxyl groups excluding tert-OH is 1. The first-order chi connectivity index (χ1) is 9.29. The van der Waals surface area contributed by atoms with Crippen LogP contribution >= 0.6 is 0 Å². The maximum absolute atomic E-state index is 12.0. The van der Waals surface area contributed by atoms with Gasteiger partial charge in [-0.1, -0.05) is 30.3 Å². The van der Waals surface area contributed by atoms with Crippen molar-refractivity contribution in [2.24, 2.45) is 5.92 Å². The summed E-state index contributed by atoms with van der Waals surface area (Å²) in [5.41, 5.74) is 0.945. The third-order valence-corrected chi connectivity index (χ3v) is 3.59. The standard InChI is InChI=1S/C15H22N2O2/c18-11-14(13-6-2-1-3-7-13)17-15(19)9-12-5-4-8-16-10-12/h1-3,6-7,12,14,16,18H,4-5,8-11H2,(H,17,19). The second kappa shape index (κ2) is 7.26. The summed E-state index contributed by atoms with van der Waals surface area (Å²) >= 11 is 0. The van der Waals surface area contributed by atoms with Gasteiger partial charge in [-0.15, -0.1) is 0 Å². The Morgan fingerprint density at radius 3 is 2.84 bits per heavy atom. The molecule has 3 N–H and O–H groups in total. The molecule has 1 amide bonds. The topological polar surface area (TPSA) is 61.4 Å². The van der Waals surface area contributed by atoms with Crippen molar-refractivity contribution in [1.82, 2.24) is 10.6 Å². The van der Waals surface area contributed by atoms with Crippen molar-refractivity contribution in [2.75, 3.05) is 19.7 Å². The maximum atomic E-state index is 12.0. The van der Waals surface area contributed by atoms with E-state index >= 15 is 0 Å². The first-order valence-electron chi connectivity index (χ1n) is 6.95. The van der Waals surface area contributed by atoms with Gasteiger partial charge in [0, 0.05) is 6.42 Å². The van der Waals surface area contributed by atoms with Gasteiger partial charge in [-0.25, -0.2) is 0 Å². The number of aliphatic hydroxyl groups is 1. The average Bonchev–Trinajstić information content (AvgIpc) is 2.47. The number of hydrogen-bond donors (Lipinski definition) is 3. The zero-order chi connectivity index (χ0) is 13.5. The van der Waals surface area contributed by atoms with Crippen LogP contribution in [-0.4, -0.2) is 30.7 Å². The van der Waals surface area contributed by atoms with E-state index in [0.29, 0.717) is 12.3 Å². The number of amides is 1. The lowest BCUT2D eigenvalue weighted by Gasteiger charge is -2.23. The van der Waals surface area contributed by atoms with E-state index in [9.17, 15) is 9.90 Å². The molecule has 2 rings (SSSR count). The molecule has 0 saturated carbocycles. The zero-order valence-corrected chi connectivity index (χ0v) is 11.1. The van der Waals surface area contributed by atoms with Crippen LogP contribution in [0.4, 0.5) is 0 Å². The Morgan fingerprint density at radius 2 is 2.21 bits per heavy atom. The van der Waals surface area contributed by atoms with Crippen LogP contribution in [0.3, 0.4) is 0 Å². The lowest BCUT2D eigenvalue weighted by atomic mass is 9.95. The molecule has 1 aromatic carbocycles. The molecule has 0 aromatic heterocycles. The first-order valence-corrected chi connectivity index (χ1v) is 6.95. The summed E-state index contributed by atoms with van der Waals surface area (Å²) in [6.07, 6.45) is 2.78. The van der Waals surface area contributed by atoms with Crippen molar-refractivity contribution in [2.45, 2.75) is 25.3 Å². The van der Waals surface area contributed by atoms with Crippen molar-refractivity contribution in [3.05, 3.63) is 35.9 Å². The van der Waals surface area contributed by atoms with Crippen molar-refractivity contribution in [1.29, 1.82) is 0 Å². The van der Waals surface area contributed by atoms with E-state index < -0.39 is 0 Å². The van der Waals surface area contributed by atoms with Crippen LogP contribution in [0, 0.1) is 5.92 Å². The summed E-state index contributed by atoms with van der Waals surface area (Å²) in [6.45, 7) is 1.91. The molecular weight excluding hydrogens is 240 g/mol. The van der Waals surface area contributed by atoms with E-state index in [1.165, 1.54) is 0 Å². The molecule has 4 heteroatoms. The highest BCUT2D eigenvalue weighted by Crippen LogP contribution is 2.16. The highest BCUT2D eigenvalue weighted by atomic mass is 16.3. The first kappa shape index (κ1) is 14.0. The van der Waals surface area contributed by atoms with E-state index in [0.717, 1.165) is 31.5 Å². The number of piperidine rings is 1. The molecule has 19 heavy (non-hydrogen) atoms. The van der Waals surface area contributed by atoms with E-state index in [-0.39, 0.29) is 18.6 Å². The van der Waals surface area contributed by atoms with Crippen molar-refractivity contribution in [3.63, 3.8) is 0 Å². The fourth-order valence-electron chi connectivity index (χ4n) is 2.53. The summed E-state index contributed by atoms with van der Waals surface area (Å²) < 4.78 is 0. The highest BCUT2D eigenvalue weighted by Gasteiger charge is 2.19. The summed E-state index contributed by atoms with van der Waals surface area (Å²) in [4.78, 5) is 12.0. The molecule has 0 spiro atoms. The summed E-state index contributed by atoms with van der Waals surface area (Å²) in [6, 6.07) is 9.29. The Labute approximate surface area is 114 Å². The van der Waals surface area contributed by atoms with Crippen LogP contribution in [0.5, 0.6) is 0 Å². The highest BCUT2D eigenvalue weighted by molar-refractivity contribution is 5.76. The minimum absolute atomic E-state index is 0.0246. The third kappa shape index (κ3) is 4.33. The smallest absolute Gasteiger partial charge is 0.220 e. The van der Waals surface area contributed by atoms with Crippen LogP contribution < -0.4 is 10.6 Å². The summed E-state index contributed by atoms with van der Waals surface area (Å²) in [5, 5.41) is 15.6. The molecular formula is C15H22N2O2. The van der Waals surface area contributed by atoms with Gasteiger partial charge in [0.25, 0.3) is 0 Å². The number of carbonyl (C=O) groups excluding carboxylic acids is 1. The molecule has 2 unspecified atom stereocenters. The van der Waals surface area contributed by atoms with Crippen molar-refractivity contribution < 1.29 is 9.90 Å². The SMILES string of the molecule is O=C(CC1CCCNC1)NC(CO)c1ccccc1. The van der Waals surface area contributed by atoms with Gasteiger partial charge in [0.1, 0.15) is 0 Å². The molecule has 2 atom stereocenters. The lowest BCUT2D eigenvalue weighted by molar-refractivity contribution is -0.123. The molecule has 1 aromatic rings. The third-order valence-electron chi connectivity index (χ3n) is 3.59. The molecule has 1 heterocycles. The van der Waals surface area contributed by atoms with Crippen LogP contribution in [0.1, 0.15) is 30.9 Å². The second-order valence-electron chi connectivity index (χ2n) is 5.13. The molecule has 0 aliphatic carbocycles. The van der Waals surface area contributed by atoms with Crippen LogP contribution in [0.25, 0.3) is 0 Å². The van der Waals surface area contributed by atoms with E-state index in [1.54, 1.807) is 0 Å². The molecule has 1 fully saturated rings. The van der Waals surface area contributed by atoms with Gasteiger partial charge in [-0.2, -0.15) is 0 Å². The Bertz CT molecular complexity index is 388. The zero-order valence-electron chi connectivity index (χ0n) is 11.1. The van der Waals surface area contributed by atoms with Gasteiger partial charge in [0.2, 0.25) is 5.91 Å². The van der Waals surface area contributed by atoms with Gasteiger partial charge in [-0.3, -0.25) is 4.79 Å². The largest absolute Gasteiger partial charge is 0.394 e. The Balaban J connectivity index is 1.85. The monoisotopic (exact) mass is 262 g/mol. The maximum Gasteiger partial charge on any atom is 0.220 e. The van der Waals surface area contributed by atoms with Gasteiger partial charge < -0.3 is 15.7 Å². The quantitative estimate of drug-likeness (QED) is 0.748.